The molecule has 1 fully saturated rings. The van der Waals surface area contributed by atoms with Crippen LogP contribution in [0.3, 0.4) is 0 Å². The minimum Gasteiger partial charge on any atom is -0.337 e. The molecule has 1 N–H and O–H groups in total. The molecule has 0 aromatic heterocycles. The monoisotopic (exact) mass is 252 g/mol. The van der Waals surface area contributed by atoms with Gasteiger partial charge in [-0.3, -0.25) is 4.79 Å². The Morgan fingerprint density at radius 1 is 1.47 bits per heavy atom. The van der Waals surface area contributed by atoms with Crippen LogP contribution in [0.4, 0.5) is 0 Å². The SMILES string of the molecule is CNC1CCCN(Cc2ccccc2Cl)C1=O. The van der Waals surface area contributed by atoms with Gasteiger partial charge < -0.3 is 10.2 Å². The molecule has 1 aliphatic rings. The van der Waals surface area contributed by atoms with Crippen LogP contribution < -0.4 is 5.32 Å². The largest absolute Gasteiger partial charge is 0.337 e. The van der Waals surface area contributed by atoms with E-state index >= 15 is 0 Å². The molecule has 92 valence electrons. The molecular formula is C13H17ClN2O. The zero-order chi connectivity index (χ0) is 12.3. The smallest absolute Gasteiger partial charge is 0.239 e. The van der Waals surface area contributed by atoms with E-state index in [0.717, 1.165) is 30.0 Å². The van der Waals surface area contributed by atoms with E-state index in [0.29, 0.717) is 6.54 Å². The molecule has 1 amide bonds. The van der Waals surface area contributed by atoms with Gasteiger partial charge in [-0.15, -0.1) is 0 Å². The quantitative estimate of drug-likeness (QED) is 0.893. The minimum absolute atomic E-state index is 0.0359. The molecule has 0 bridgehead atoms. The first-order chi connectivity index (χ1) is 8.22. The van der Waals surface area contributed by atoms with Crippen molar-refractivity contribution in [3.8, 4) is 0 Å². The normalized spacial score (nSPS) is 20.7. The Hall–Kier alpha value is -1.06. The van der Waals surface area contributed by atoms with E-state index in [1.165, 1.54) is 0 Å². The highest BCUT2D eigenvalue weighted by Gasteiger charge is 2.27. The van der Waals surface area contributed by atoms with Crippen molar-refractivity contribution in [3.63, 3.8) is 0 Å². The molecule has 0 spiro atoms. The zero-order valence-corrected chi connectivity index (χ0v) is 10.7. The van der Waals surface area contributed by atoms with Crippen LogP contribution in [0.1, 0.15) is 18.4 Å². The molecule has 1 aromatic carbocycles. The van der Waals surface area contributed by atoms with Gasteiger partial charge in [0.2, 0.25) is 5.91 Å². The Morgan fingerprint density at radius 3 is 2.94 bits per heavy atom. The molecule has 3 nitrogen and oxygen atoms in total. The van der Waals surface area contributed by atoms with E-state index < -0.39 is 0 Å². The highest BCUT2D eigenvalue weighted by atomic mass is 35.5. The second-order valence-corrected chi connectivity index (χ2v) is 4.74. The highest BCUT2D eigenvalue weighted by Crippen LogP contribution is 2.20. The number of halogens is 1. The first kappa shape index (κ1) is 12.4. The van der Waals surface area contributed by atoms with Gasteiger partial charge in [0, 0.05) is 18.1 Å². The lowest BCUT2D eigenvalue weighted by atomic mass is 10.0. The van der Waals surface area contributed by atoms with Gasteiger partial charge in [0.1, 0.15) is 0 Å². The molecule has 0 radical (unpaired) electrons. The number of piperidine rings is 1. The fourth-order valence-electron chi connectivity index (χ4n) is 2.20. The fourth-order valence-corrected chi connectivity index (χ4v) is 2.39. The van der Waals surface area contributed by atoms with Crippen molar-refractivity contribution in [3.05, 3.63) is 34.9 Å². The summed E-state index contributed by atoms with van der Waals surface area (Å²) in [4.78, 5) is 14.0. The van der Waals surface area contributed by atoms with Crippen LogP contribution in [0, 0.1) is 0 Å². The molecule has 17 heavy (non-hydrogen) atoms. The summed E-state index contributed by atoms with van der Waals surface area (Å²) in [5.41, 5.74) is 1.01. The van der Waals surface area contributed by atoms with Crippen LogP contribution in [-0.4, -0.2) is 30.4 Å². The number of hydrogen-bond acceptors (Lipinski definition) is 2. The first-order valence-electron chi connectivity index (χ1n) is 5.92. The van der Waals surface area contributed by atoms with Crippen molar-refractivity contribution in [1.29, 1.82) is 0 Å². The van der Waals surface area contributed by atoms with E-state index in [-0.39, 0.29) is 11.9 Å². The second kappa shape index (κ2) is 5.52. The number of nitrogens with one attached hydrogen (secondary N) is 1. The van der Waals surface area contributed by atoms with E-state index in [4.69, 9.17) is 11.6 Å². The molecule has 1 heterocycles. The first-order valence-corrected chi connectivity index (χ1v) is 6.29. The van der Waals surface area contributed by atoms with Crippen molar-refractivity contribution >= 4 is 17.5 Å². The molecule has 0 saturated carbocycles. The topological polar surface area (TPSA) is 32.3 Å². The Labute approximate surface area is 107 Å². The lowest BCUT2D eigenvalue weighted by Gasteiger charge is -2.32. The summed E-state index contributed by atoms with van der Waals surface area (Å²) in [7, 11) is 1.83. The molecule has 1 aromatic rings. The van der Waals surface area contributed by atoms with E-state index in [9.17, 15) is 4.79 Å². The number of rotatable bonds is 3. The van der Waals surface area contributed by atoms with E-state index in [2.05, 4.69) is 5.32 Å². The van der Waals surface area contributed by atoms with Gasteiger partial charge in [-0.05, 0) is 31.5 Å². The Kier molecular flexibility index (Phi) is 4.02. The van der Waals surface area contributed by atoms with Crippen molar-refractivity contribution in [2.45, 2.75) is 25.4 Å². The predicted molar refractivity (Wildman–Crippen MR) is 69.0 cm³/mol. The van der Waals surface area contributed by atoms with Crippen LogP contribution in [0.5, 0.6) is 0 Å². The Morgan fingerprint density at radius 2 is 2.24 bits per heavy atom. The molecule has 1 aliphatic heterocycles. The Balaban J connectivity index is 2.08. The summed E-state index contributed by atoms with van der Waals surface area (Å²) in [5, 5.41) is 3.79. The maximum atomic E-state index is 12.1. The average molecular weight is 253 g/mol. The third-order valence-corrected chi connectivity index (χ3v) is 3.57. The number of amides is 1. The number of carbonyl (C=O) groups excluding carboxylic acids is 1. The lowest BCUT2D eigenvalue weighted by Crippen LogP contribution is -2.49. The van der Waals surface area contributed by atoms with Gasteiger partial charge >= 0.3 is 0 Å². The molecule has 2 rings (SSSR count). The Bertz CT molecular complexity index is 408. The fraction of sp³-hybridized carbons (Fsp3) is 0.462. The summed E-state index contributed by atoms with van der Waals surface area (Å²) in [6, 6.07) is 7.65. The van der Waals surface area contributed by atoms with Crippen molar-refractivity contribution < 1.29 is 4.79 Å². The number of hydrogen-bond donors (Lipinski definition) is 1. The number of likely N-dealkylation sites (N-methyl/N-ethyl adjacent to an activating group) is 1. The number of benzene rings is 1. The summed E-state index contributed by atoms with van der Waals surface area (Å²) >= 11 is 6.11. The molecule has 4 heteroatoms. The maximum Gasteiger partial charge on any atom is 0.239 e. The highest BCUT2D eigenvalue weighted by molar-refractivity contribution is 6.31. The van der Waals surface area contributed by atoms with Crippen molar-refractivity contribution in [2.75, 3.05) is 13.6 Å². The number of carbonyl (C=O) groups is 1. The van der Waals surface area contributed by atoms with Crippen molar-refractivity contribution in [1.82, 2.24) is 10.2 Å². The second-order valence-electron chi connectivity index (χ2n) is 4.33. The van der Waals surface area contributed by atoms with Gasteiger partial charge in [-0.25, -0.2) is 0 Å². The average Bonchev–Trinajstić information content (AvgIpc) is 2.34. The van der Waals surface area contributed by atoms with E-state index in [1.54, 1.807) is 0 Å². The third-order valence-electron chi connectivity index (χ3n) is 3.20. The van der Waals surface area contributed by atoms with Gasteiger partial charge in [-0.2, -0.15) is 0 Å². The predicted octanol–water partition coefficient (Wildman–Crippen LogP) is 2.05. The zero-order valence-electron chi connectivity index (χ0n) is 9.95. The van der Waals surface area contributed by atoms with Crippen LogP contribution in [-0.2, 0) is 11.3 Å². The van der Waals surface area contributed by atoms with E-state index in [1.807, 2.05) is 36.2 Å². The van der Waals surface area contributed by atoms with Gasteiger partial charge in [0.15, 0.2) is 0 Å². The molecule has 1 atom stereocenters. The minimum atomic E-state index is -0.0359. The van der Waals surface area contributed by atoms with Crippen LogP contribution in [0.2, 0.25) is 5.02 Å². The third kappa shape index (κ3) is 2.79. The lowest BCUT2D eigenvalue weighted by molar-refractivity contribution is -0.136. The van der Waals surface area contributed by atoms with Crippen molar-refractivity contribution in [2.24, 2.45) is 0 Å². The number of nitrogens with zero attached hydrogens (tertiary/aromatic N) is 1. The van der Waals surface area contributed by atoms with Gasteiger partial charge in [-0.1, -0.05) is 29.8 Å². The van der Waals surface area contributed by atoms with Gasteiger partial charge in [0.25, 0.3) is 0 Å². The van der Waals surface area contributed by atoms with Crippen LogP contribution in [0.25, 0.3) is 0 Å². The standard InChI is InChI=1S/C13H17ClN2O/c1-15-12-7-4-8-16(13(12)17)9-10-5-2-3-6-11(10)14/h2-3,5-6,12,15H,4,7-9H2,1H3. The molecular weight excluding hydrogens is 236 g/mol. The van der Waals surface area contributed by atoms with Crippen LogP contribution >= 0.6 is 11.6 Å². The molecule has 1 saturated heterocycles. The molecule has 1 unspecified atom stereocenters. The summed E-state index contributed by atoms with van der Waals surface area (Å²) in [6.07, 6.45) is 1.97. The van der Waals surface area contributed by atoms with Crippen LogP contribution in [0.15, 0.2) is 24.3 Å². The number of likely N-dealkylation sites (tertiary alicyclic amines) is 1. The summed E-state index contributed by atoms with van der Waals surface area (Å²) in [5.74, 6) is 0.179. The summed E-state index contributed by atoms with van der Waals surface area (Å²) in [6.45, 7) is 1.43. The van der Waals surface area contributed by atoms with Gasteiger partial charge in [0.05, 0.1) is 6.04 Å². The molecule has 0 aliphatic carbocycles. The maximum absolute atomic E-state index is 12.1. The summed E-state index contributed by atoms with van der Waals surface area (Å²) < 4.78 is 0.